The molecule has 2 fully saturated rings. The second kappa shape index (κ2) is 4.99. The van der Waals surface area contributed by atoms with E-state index >= 15 is 0 Å². The number of rotatable bonds is 2. The Kier molecular flexibility index (Phi) is 3.79. The maximum absolute atomic E-state index is 12.1. The van der Waals surface area contributed by atoms with Crippen LogP contribution >= 0.6 is 0 Å². The normalized spacial score (nSPS) is 30.8. The van der Waals surface area contributed by atoms with E-state index in [2.05, 4.69) is 26.1 Å². The van der Waals surface area contributed by atoms with Crippen LogP contribution in [0.4, 0.5) is 0 Å². The van der Waals surface area contributed by atoms with E-state index in [4.69, 9.17) is 0 Å². The van der Waals surface area contributed by atoms with Gasteiger partial charge < -0.3 is 5.32 Å². The van der Waals surface area contributed by atoms with E-state index in [-0.39, 0.29) is 0 Å². The molecule has 0 radical (unpaired) electrons. The lowest BCUT2D eigenvalue weighted by Crippen LogP contribution is -2.49. The van der Waals surface area contributed by atoms with Crippen molar-refractivity contribution in [3.8, 4) is 0 Å². The van der Waals surface area contributed by atoms with Gasteiger partial charge in [0.1, 0.15) is 0 Å². The van der Waals surface area contributed by atoms with Crippen LogP contribution in [0.3, 0.4) is 0 Å². The van der Waals surface area contributed by atoms with Crippen LogP contribution in [0, 0.1) is 17.3 Å². The van der Waals surface area contributed by atoms with Crippen molar-refractivity contribution in [2.24, 2.45) is 17.3 Å². The van der Waals surface area contributed by atoms with Gasteiger partial charge in [0, 0.05) is 12.0 Å². The van der Waals surface area contributed by atoms with Gasteiger partial charge in [0.2, 0.25) is 5.91 Å². The number of amides is 1. The molecule has 1 amide bonds. The van der Waals surface area contributed by atoms with Crippen molar-refractivity contribution in [3.63, 3.8) is 0 Å². The molecule has 0 unspecified atom stereocenters. The molecular weight excluding hydrogens is 210 g/mol. The lowest BCUT2D eigenvalue weighted by Gasteiger charge is -2.41. The topological polar surface area (TPSA) is 29.1 Å². The third-order valence-electron chi connectivity index (χ3n) is 4.68. The second-order valence-electron chi connectivity index (χ2n) is 7.00. The number of carbonyl (C=O) groups is 1. The minimum absolute atomic E-state index is 0.317. The van der Waals surface area contributed by atoms with Gasteiger partial charge in [-0.05, 0) is 37.0 Å². The van der Waals surface area contributed by atoms with Crippen molar-refractivity contribution in [1.82, 2.24) is 5.32 Å². The maximum Gasteiger partial charge on any atom is 0.223 e. The molecule has 2 heteroatoms. The lowest BCUT2D eigenvalue weighted by atomic mass is 9.69. The molecule has 2 aliphatic rings. The fraction of sp³-hybridized carbons (Fsp3) is 0.933. The predicted molar refractivity (Wildman–Crippen MR) is 70.7 cm³/mol. The van der Waals surface area contributed by atoms with Gasteiger partial charge in [-0.2, -0.15) is 0 Å². The van der Waals surface area contributed by atoms with Gasteiger partial charge >= 0.3 is 0 Å². The van der Waals surface area contributed by atoms with Crippen molar-refractivity contribution in [1.29, 1.82) is 0 Å². The molecule has 2 saturated carbocycles. The summed E-state index contributed by atoms with van der Waals surface area (Å²) in [5.74, 6) is 1.32. The summed E-state index contributed by atoms with van der Waals surface area (Å²) in [4.78, 5) is 12.1. The zero-order valence-electron chi connectivity index (χ0n) is 11.6. The summed E-state index contributed by atoms with van der Waals surface area (Å²) >= 11 is 0. The van der Waals surface area contributed by atoms with Crippen LogP contribution in [0.5, 0.6) is 0 Å². The maximum atomic E-state index is 12.1. The molecule has 0 spiro atoms. The Morgan fingerprint density at radius 2 is 1.65 bits per heavy atom. The number of hydrogen-bond acceptors (Lipinski definition) is 1. The Balaban J connectivity index is 1.94. The van der Waals surface area contributed by atoms with Crippen molar-refractivity contribution in [3.05, 3.63) is 0 Å². The van der Waals surface area contributed by atoms with E-state index in [0.717, 1.165) is 12.8 Å². The summed E-state index contributed by atoms with van der Waals surface area (Å²) in [7, 11) is 0. The summed E-state index contributed by atoms with van der Waals surface area (Å²) in [6.07, 6.45) is 8.53. The molecule has 2 atom stereocenters. The minimum Gasteiger partial charge on any atom is -0.353 e. The second-order valence-corrected chi connectivity index (χ2v) is 7.00. The Bertz CT molecular complexity index is 275. The van der Waals surface area contributed by atoms with Gasteiger partial charge in [0.05, 0.1) is 0 Å². The van der Waals surface area contributed by atoms with Gasteiger partial charge in [-0.3, -0.25) is 4.79 Å². The molecule has 0 aliphatic heterocycles. The Morgan fingerprint density at radius 1 is 1.00 bits per heavy atom. The Labute approximate surface area is 106 Å². The molecule has 17 heavy (non-hydrogen) atoms. The highest BCUT2D eigenvalue weighted by molar-refractivity contribution is 5.79. The third kappa shape index (κ3) is 3.02. The van der Waals surface area contributed by atoms with E-state index in [1.807, 2.05) is 0 Å². The van der Waals surface area contributed by atoms with Crippen molar-refractivity contribution < 1.29 is 4.79 Å². The average Bonchev–Trinajstić information content (AvgIpc) is 2.13. The lowest BCUT2D eigenvalue weighted by molar-refractivity contribution is -0.129. The van der Waals surface area contributed by atoms with Gasteiger partial charge in [-0.25, -0.2) is 0 Å². The van der Waals surface area contributed by atoms with Crippen molar-refractivity contribution in [2.45, 2.75) is 71.8 Å². The van der Waals surface area contributed by atoms with Gasteiger partial charge in [0.25, 0.3) is 0 Å². The molecule has 0 bridgehead atoms. The van der Waals surface area contributed by atoms with Gasteiger partial charge in [0.15, 0.2) is 0 Å². The zero-order chi connectivity index (χ0) is 12.5. The Hall–Kier alpha value is -0.530. The molecule has 2 rings (SSSR count). The first-order valence-corrected chi connectivity index (χ1v) is 7.29. The highest BCUT2D eigenvalue weighted by atomic mass is 16.2. The smallest absolute Gasteiger partial charge is 0.223 e. The van der Waals surface area contributed by atoms with E-state index in [9.17, 15) is 4.79 Å². The zero-order valence-corrected chi connectivity index (χ0v) is 11.6. The number of carbonyl (C=O) groups excluding carboxylic acids is 1. The number of nitrogens with one attached hydrogen (secondary N) is 1. The quantitative estimate of drug-likeness (QED) is 0.782. The predicted octanol–water partition coefficient (Wildman–Crippen LogP) is 3.51. The molecule has 1 N–H and O–H groups in total. The summed E-state index contributed by atoms with van der Waals surface area (Å²) in [6.45, 7) is 6.93. The fourth-order valence-electron chi connectivity index (χ4n) is 3.31. The van der Waals surface area contributed by atoms with Crippen LogP contribution in [-0.4, -0.2) is 11.9 Å². The minimum atomic E-state index is 0.317. The molecular formula is C15H27NO. The van der Waals surface area contributed by atoms with Crippen LogP contribution in [0.2, 0.25) is 0 Å². The van der Waals surface area contributed by atoms with E-state index in [1.54, 1.807) is 0 Å². The monoisotopic (exact) mass is 237 g/mol. The van der Waals surface area contributed by atoms with Crippen molar-refractivity contribution >= 4 is 5.91 Å². The number of hydrogen-bond donors (Lipinski definition) is 1. The molecule has 0 aromatic carbocycles. The fourth-order valence-corrected chi connectivity index (χ4v) is 3.31. The third-order valence-corrected chi connectivity index (χ3v) is 4.68. The van der Waals surface area contributed by atoms with Gasteiger partial charge in [-0.1, -0.05) is 40.0 Å². The van der Waals surface area contributed by atoms with E-state index in [1.165, 1.54) is 32.1 Å². The summed E-state index contributed by atoms with van der Waals surface area (Å²) in [6, 6.07) is 0.428. The molecule has 2 nitrogen and oxygen atoms in total. The first-order valence-electron chi connectivity index (χ1n) is 7.29. The highest BCUT2D eigenvalue weighted by Crippen LogP contribution is 2.38. The van der Waals surface area contributed by atoms with Crippen LogP contribution in [0.15, 0.2) is 0 Å². The molecule has 0 aromatic rings. The van der Waals surface area contributed by atoms with Crippen LogP contribution in [-0.2, 0) is 4.79 Å². The molecule has 0 heterocycles. The van der Waals surface area contributed by atoms with E-state index < -0.39 is 0 Å². The van der Waals surface area contributed by atoms with E-state index in [0.29, 0.717) is 29.2 Å². The average molecular weight is 237 g/mol. The Morgan fingerprint density at radius 3 is 2.18 bits per heavy atom. The molecule has 0 aromatic heterocycles. The summed E-state index contributed by atoms with van der Waals surface area (Å²) < 4.78 is 0. The summed E-state index contributed by atoms with van der Waals surface area (Å²) in [5.41, 5.74) is 0.317. The van der Waals surface area contributed by atoms with Crippen LogP contribution in [0.25, 0.3) is 0 Å². The summed E-state index contributed by atoms with van der Waals surface area (Å²) in [5, 5.41) is 3.34. The van der Waals surface area contributed by atoms with Crippen molar-refractivity contribution in [2.75, 3.05) is 0 Å². The van der Waals surface area contributed by atoms with Crippen LogP contribution < -0.4 is 5.32 Å². The molecule has 0 saturated heterocycles. The molecule has 2 aliphatic carbocycles. The standard InChI is InChI=1S/C15H27NO/c1-15(2,3)12-9-4-5-10-13(12)16-14(17)11-7-6-8-11/h11-13H,4-10H2,1-3H3,(H,16,17)/t12-,13-/m1/s1. The van der Waals surface area contributed by atoms with Gasteiger partial charge in [-0.15, -0.1) is 0 Å². The molecule has 98 valence electrons. The first-order chi connectivity index (χ1) is 7.98. The highest BCUT2D eigenvalue weighted by Gasteiger charge is 2.36. The first kappa shape index (κ1) is 12.9. The van der Waals surface area contributed by atoms with Crippen LogP contribution in [0.1, 0.15) is 65.7 Å². The SMILES string of the molecule is CC(C)(C)[C@@H]1CCCC[C@H]1NC(=O)C1CCC1. The largest absolute Gasteiger partial charge is 0.353 e.